The number of rotatable bonds is 4. The van der Waals surface area contributed by atoms with E-state index >= 15 is 0 Å². The van der Waals surface area contributed by atoms with Crippen molar-refractivity contribution in [1.29, 1.82) is 0 Å². The van der Waals surface area contributed by atoms with Crippen molar-refractivity contribution in [2.24, 2.45) is 5.10 Å². The van der Waals surface area contributed by atoms with Gasteiger partial charge in [-0.25, -0.2) is 9.97 Å². The van der Waals surface area contributed by atoms with Crippen molar-refractivity contribution in [3.05, 3.63) is 50.2 Å². The van der Waals surface area contributed by atoms with Crippen LogP contribution in [0, 0.1) is 13.8 Å². The third-order valence-corrected chi connectivity index (χ3v) is 5.39. The standard InChI is InChI=1S/C16H15ClN4S2/c1-9-4-6-12(7-5-9)13-8-22-16(19-13)21-20-11(3)14-10(2)18-15(17)23-14/h4-8H,1-3H3,(H,19,21)/b20-11+. The Morgan fingerprint density at radius 1 is 1.17 bits per heavy atom. The Kier molecular flexibility index (Phi) is 4.75. The minimum atomic E-state index is 0.531. The summed E-state index contributed by atoms with van der Waals surface area (Å²) in [6, 6.07) is 8.32. The first-order chi connectivity index (χ1) is 11.0. The number of thiazole rings is 2. The van der Waals surface area contributed by atoms with E-state index in [0.29, 0.717) is 4.47 Å². The van der Waals surface area contributed by atoms with Crippen LogP contribution in [0.4, 0.5) is 5.13 Å². The van der Waals surface area contributed by atoms with Gasteiger partial charge in [0.1, 0.15) is 0 Å². The molecule has 0 unspecified atom stereocenters. The van der Waals surface area contributed by atoms with E-state index in [-0.39, 0.29) is 0 Å². The molecule has 0 amide bonds. The van der Waals surface area contributed by atoms with Crippen LogP contribution >= 0.6 is 34.3 Å². The zero-order valence-electron chi connectivity index (χ0n) is 12.9. The van der Waals surface area contributed by atoms with Crippen molar-refractivity contribution >= 4 is 45.1 Å². The van der Waals surface area contributed by atoms with Gasteiger partial charge in [0.25, 0.3) is 0 Å². The Labute approximate surface area is 147 Å². The molecule has 3 aromatic rings. The molecule has 1 N–H and O–H groups in total. The van der Waals surface area contributed by atoms with E-state index in [1.165, 1.54) is 28.2 Å². The third kappa shape index (κ3) is 3.77. The summed E-state index contributed by atoms with van der Waals surface area (Å²) < 4.78 is 0.531. The van der Waals surface area contributed by atoms with Gasteiger partial charge in [0.05, 0.1) is 22.0 Å². The Bertz CT molecular complexity index is 849. The first-order valence-corrected chi connectivity index (χ1v) is 9.06. The molecule has 0 spiro atoms. The summed E-state index contributed by atoms with van der Waals surface area (Å²) in [6.45, 7) is 5.93. The Balaban J connectivity index is 1.75. The molecule has 118 valence electrons. The molecule has 23 heavy (non-hydrogen) atoms. The van der Waals surface area contributed by atoms with E-state index in [4.69, 9.17) is 11.6 Å². The molecule has 2 heterocycles. The number of benzene rings is 1. The van der Waals surface area contributed by atoms with Crippen molar-refractivity contribution < 1.29 is 0 Å². The first-order valence-electron chi connectivity index (χ1n) is 6.99. The SMILES string of the molecule is C/C(=N\Nc1nc(-c2ccc(C)cc2)cs1)c1sc(Cl)nc1C. The molecule has 7 heteroatoms. The van der Waals surface area contributed by atoms with Crippen LogP contribution in [0.15, 0.2) is 34.7 Å². The van der Waals surface area contributed by atoms with Crippen LogP contribution in [-0.4, -0.2) is 15.7 Å². The van der Waals surface area contributed by atoms with E-state index in [9.17, 15) is 0 Å². The molecule has 4 nitrogen and oxygen atoms in total. The van der Waals surface area contributed by atoms with Gasteiger partial charge in [-0.15, -0.1) is 22.7 Å². The molecule has 0 aliphatic carbocycles. The normalized spacial score (nSPS) is 11.7. The van der Waals surface area contributed by atoms with Gasteiger partial charge in [0, 0.05) is 10.9 Å². The smallest absolute Gasteiger partial charge is 0.203 e. The van der Waals surface area contributed by atoms with Gasteiger partial charge in [-0.1, -0.05) is 41.4 Å². The number of hydrogen-bond donors (Lipinski definition) is 1. The predicted molar refractivity (Wildman–Crippen MR) is 100.0 cm³/mol. The lowest BCUT2D eigenvalue weighted by atomic mass is 10.1. The van der Waals surface area contributed by atoms with Gasteiger partial charge < -0.3 is 0 Å². The summed E-state index contributed by atoms with van der Waals surface area (Å²) >= 11 is 8.89. The molecule has 0 bridgehead atoms. The topological polar surface area (TPSA) is 50.2 Å². The molecule has 0 saturated heterocycles. The average molecular weight is 363 g/mol. The maximum Gasteiger partial charge on any atom is 0.203 e. The van der Waals surface area contributed by atoms with Crippen molar-refractivity contribution in [2.45, 2.75) is 20.8 Å². The summed E-state index contributed by atoms with van der Waals surface area (Å²) in [5.41, 5.74) is 8.04. The highest BCUT2D eigenvalue weighted by atomic mass is 35.5. The molecular formula is C16H15ClN4S2. The quantitative estimate of drug-likeness (QED) is 0.501. The predicted octanol–water partition coefficient (Wildman–Crippen LogP) is 5.37. The molecule has 2 aromatic heterocycles. The zero-order valence-corrected chi connectivity index (χ0v) is 15.3. The fourth-order valence-electron chi connectivity index (χ4n) is 2.06. The second-order valence-electron chi connectivity index (χ2n) is 5.09. The number of nitrogens with zero attached hydrogens (tertiary/aromatic N) is 3. The van der Waals surface area contributed by atoms with Gasteiger partial charge in [-0.05, 0) is 20.8 Å². The maximum absolute atomic E-state index is 5.93. The fourth-order valence-corrected chi connectivity index (χ4v) is 3.82. The summed E-state index contributed by atoms with van der Waals surface area (Å²) in [4.78, 5) is 9.75. The molecule has 0 aliphatic heterocycles. The van der Waals surface area contributed by atoms with Crippen molar-refractivity contribution in [2.75, 3.05) is 5.43 Å². The van der Waals surface area contributed by atoms with Crippen LogP contribution in [0.2, 0.25) is 4.47 Å². The van der Waals surface area contributed by atoms with Crippen LogP contribution in [0.1, 0.15) is 23.1 Å². The number of aromatic nitrogens is 2. The highest BCUT2D eigenvalue weighted by molar-refractivity contribution is 7.17. The van der Waals surface area contributed by atoms with Gasteiger partial charge in [0.15, 0.2) is 4.47 Å². The highest BCUT2D eigenvalue weighted by Crippen LogP contribution is 2.26. The van der Waals surface area contributed by atoms with Gasteiger partial charge in [-0.2, -0.15) is 5.10 Å². The van der Waals surface area contributed by atoms with Crippen molar-refractivity contribution in [3.8, 4) is 11.3 Å². The van der Waals surface area contributed by atoms with Crippen LogP contribution < -0.4 is 5.43 Å². The van der Waals surface area contributed by atoms with Crippen molar-refractivity contribution in [3.63, 3.8) is 0 Å². The third-order valence-electron chi connectivity index (χ3n) is 3.27. The monoisotopic (exact) mass is 362 g/mol. The van der Waals surface area contributed by atoms with Crippen LogP contribution in [0.3, 0.4) is 0 Å². The van der Waals surface area contributed by atoms with E-state index < -0.39 is 0 Å². The van der Waals surface area contributed by atoms with Crippen LogP contribution in [0.5, 0.6) is 0 Å². The van der Waals surface area contributed by atoms with Crippen LogP contribution in [-0.2, 0) is 0 Å². The molecule has 0 fully saturated rings. The minimum Gasteiger partial charge on any atom is -0.252 e. The minimum absolute atomic E-state index is 0.531. The lowest BCUT2D eigenvalue weighted by Crippen LogP contribution is -1.99. The molecule has 3 rings (SSSR count). The largest absolute Gasteiger partial charge is 0.252 e. The molecule has 0 radical (unpaired) electrons. The number of nitrogens with one attached hydrogen (secondary N) is 1. The van der Waals surface area contributed by atoms with E-state index in [1.807, 2.05) is 19.2 Å². The Morgan fingerprint density at radius 3 is 2.57 bits per heavy atom. The molecule has 0 atom stereocenters. The molecule has 0 saturated carbocycles. The van der Waals surface area contributed by atoms with Gasteiger partial charge >= 0.3 is 0 Å². The Morgan fingerprint density at radius 2 is 1.91 bits per heavy atom. The number of hydrogen-bond acceptors (Lipinski definition) is 6. The van der Waals surface area contributed by atoms with Gasteiger partial charge in [-0.3, -0.25) is 5.43 Å². The fraction of sp³-hybridized carbons (Fsp3) is 0.188. The van der Waals surface area contributed by atoms with E-state index in [2.05, 4.69) is 51.7 Å². The van der Waals surface area contributed by atoms with Gasteiger partial charge in [0.2, 0.25) is 5.13 Å². The molecule has 1 aromatic carbocycles. The molecular weight excluding hydrogens is 348 g/mol. The number of hydrazone groups is 1. The van der Waals surface area contributed by atoms with E-state index in [1.54, 1.807) is 0 Å². The summed E-state index contributed by atoms with van der Waals surface area (Å²) in [7, 11) is 0. The molecule has 0 aliphatic rings. The zero-order chi connectivity index (χ0) is 16.4. The van der Waals surface area contributed by atoms with Crippen LogP contribution in [0.25, 0.3) is 11.3 Å². The lowest BCUT2D eigenvalue weighted by molar-refractivity contribution is 1.24. The highest BCUT2D eigenvalue weighted by Gasteiger charge is 2.09. The summed E-state index contributed by atoms with van der Waals surface area (Å²) in [6.07, 6.45) is 0. The summed E-state index contributed by atoms with van der Waals surface area (Å²) in [5, 5.41) is 7.16. The Hall–Kier alpha value is -1.76. The maximum atomic E-state index is 5.93. The van der Waals surface area contributed by atoms with E-state index in [0.717, 1.165) is 32.7 Å². The van der Waals surface area contributed by atoms with Crippen molar-refractivity contribution in [1.82, 2.24) is 9.97 Å². The first kappa shape index (κ1) is 16.1. The second kappa shape index (κ2) is 6.78. The second-order valence-corrected chi connectivity index (χ2v) is 7.53. The summed E-state index contributed by atoms with van der Waals surface area (Å²) in [5.74, 6) is 0. The lowest BCUT2D eigenvalue weighted by Gasteiger charge is -1.99. The number of halogens is 1. The number of anilines is 1. The average Bonchev–Trinajstić information content (AvgIpc) is 3.12. The number of aryl methyl sites for hydroxylation is 2.